The molecule has 0 spiro atoms. The Morgan fingerprint density at radius 3 is 2.29 bits per heavy atom. The lowest BCUT2D eigenvalue weighted by Crippen LogP contribution is -2.58. The highest BCUT2D eigenvalue weighted by Gasteiger charge is 2.73. The number of halogens is 7. The maximum absolute atomic E-state index is 13.1. The molecule has 1 aromatic carbocycles. The number of aromatic carboxylic acids is 1. The van der Waals surface area contributed by atoms with Crippen molar-refractivity contribution >= 4 is 12.2 Å². The van der Waals surface area contributed by atoms with Gasteiger partial charge in [0.1, 0.15) is 11.5 Å². The number of hydrazone groups is 1. The van der Waals surface area contributed by atoms with Gasteiger partial charge in [-0.2, -0.15) is 35.8 Å². The summed E-state index contributed by atoms with van der Waals surface area (Å²) in [6.07, 6.45) is -5.98. The van der Waals surface area contributed by atoms with Gasteiger partial charge in [0.2, 0.25) is 0 Å². The van der Waals surface area contributed by atoms with Crippen LogP contribution in [0.2, 0.25) is 0 Å². The van der Waals surface area contributed by atoms with Crippen LogP contribution in [0.5, 0.6) is 0 Å². The zero-order valence-corrected chi connectivity index (χ0v) is 13.8. The number of furan rings is 1. The van der Waals surface area contributed by atoms with E-state index in [4.69, 9.17) is 9.52 Å². The molecule has 2 N–H and O–H groups in total. The van der Waals surface area contributed by atoms with Crippen LogP contribution in [0.1, 0.15) is 21.7 Å². The normalized spacial score (nSPS) is 13.1. The van der Waals surface area contributed by atoms with E-state index in [-0.39, 0.29) is 17.1 Å². The molecule has 0 saturated heterocycles. The highest BCUT2D eigenvalue weighted by atomic mass is 19.4. The minimum Gasteiger partial charge on any atom is -0.478 e. The van der Waals surface area contributed by atoms with Gasteiger partial charge in [0, 0.05) is 5.56 Å². The molecule has 2 aromatic rings. The molecule has 0 radical (unpaired) electrons. The number of nitrogens with one attached hydrogen (secondary N) is 1. The molecule has 0 aliphatic carbocycles. The molecular formula is C16H11F7N2O3. The van der Waals surface area contributed by atoms with Gasteiger partial charge in [-0.1, -0.05) is 6.07 Å². The molecule has 0 unspecified atom stereocenters. The van der Waals surface area contributed by atoms with Gasteiger partial charge in [-0.05, 0) is 36.8 Å². The van der Waals surface area contributed by atoms with Crippen LogP contribution >= 0.6 is 0 Å². The predicted octanol–water partition coefficient (Wildman–Crippen LogP) is 4.67. The SMILES string of the molecule is Cc1cc(C(=O)O)ccc1-c1ccc(/C=N/NC(F)(F)C(F)(F)C(F)(F)F)o1. The number of carboxylic acids is 1. The van der Waals surface area contributed by atoms with Crippen molar-refractivity contribution in [3.8, 4) is 11.3 Å². The van der Waals surface area contributed by atoms with E-state index in [1.165, 1.54) is 30.3 Å². The molecule has 0 fully saturated rings. The van der Waals surface area contributed by atoms with Crippen molar-refractivity contribution in [2.45, 2.75) is 25.1 Å². The molecule has 152 valence electrons. The molecule has 1 heterocycles. The zero-order chi connectivity index (χ0) is 21.3. The summed E-state index contributed by atoms with van der Waals surface area (Å²) in [4.78, 5) is 10.9. The fourth-order valence-corrected chi connectivity index (χ4v) is 2.07. The van der Waals surface area contributed by atoms with Crippen molar-refractivity contribution in [2.24, 2.45) is 5.10 Å². The molecular weight excluding hydrogens is 401 g/mol. The van der Waals surface area contributed by atoms with Crippen LogP contribution in [0.3, 0.4) is 0 Å². The molecule has 0 atom stereocenters. The van der Waals surface area contributed by atoms with E-state index in [2.05, 4.69) is 5.10 Å². The van der Waals surface area contributed by atoms with Gasteiger partial charge >= 0.3 is 24.1 Å². The van der Waals surface area contributed by atoms with Gasteiger partial charge in [-0.3, -0.25) is 0 Å². The summed E-state index contributed by atoms with van der Waals surface area (Å²) in [5.41, 5.74) is 1.45. The van der Waals surface area contributed by atoms with Gasteiger partial charge in [-0.15, -0.1) is 0 Å². The first-order valence-electron chi connectivity index (χ1n) is 7.33. The number of aryl methyl sites for hydroxylation is 1. The molecule has 0 aliphatic heterocycles. The second-order valence-corrected chi connectivity index (χ2v) is 5.55. The van der Waals surface area contributed by atoms with E-state index in [0.29, 0.717) is 22.8 Å². The van der Waals surface area contributed by atoms with Crippen LogP contribution in [0.25, 0.3) is 11.3 Å². The first kappa shape index (κ1) is 21.3. The van der Waals surface area contributed by atoms with Crippen molar-refractivity contribution in [3.63, 3.8) is 0 Å². The van der Waals surface area contributed by atoms with Gasteiger partial charge in [0.25, 0.3) is 0 Å². The Morgan fingerprint density at radius 2 is 1.75 bits per heavy atom. The van der Waals surface area contributed by atoms with Crippen molar-refractivity contribution in [2.75, 3.05) is 0 Å². The Bertz CT molecular complexity index is 904. The first-order chi connectivity index (χ1) is 12.8. The Balaban J connectivity index is 2.16. The van der Waals surface area contributed by atoms with Crippen LogP contribution in [-0.4, -0.2) is 35.4 Å². The third-order valence-electron chi connectivity index (χ3n) is 3.51. The minimum atomic E-state index is -6.48. The monoisotopic (exact) mass is 412 g/mol. The Kier molecular flexibility index (Phi) is 5.44. The fourth-order valence-electron chi connectivity index (χ4n) is 2.07. The lowest BCUT2D eigenvalue weighted by molar-refractivity contribution is -0.361. The second-order valence-electron chi connectivity index (χ2n) is 5.55. The number of nitrogens with zero attached hydrogens (tertiary/aromatic N) is 1. The molecule has 0 bridgehead atoms. The summed E-state index contributed by atoms with van der Waals surface area (Å²) in [5.74, 6) is -7.54. The lowest BCUT2D eigenvalue weighted by Gasteiger charge is -2.27. The molecule has 12 heteroatoms. The summed E-state index contributed by atoms with van der Waals surface area (Å²) in [5, 5.41) is 11.6. The van der Waals surface area contributed by atoms with E-state index >= 15 is 0 Å². The van der Waals surface area contributed by atoms with E-state index in [9.17, 15) is 35.5 Å². The van der Waals surface area contributed by atoms with Gasteiger partial charge < -0.3 is 9.52 Å². The lowest BCUT2D eigenvalue weighted by atomic mass is 10.0. The number of benzene rings is 1. The summed E-state index contributed by atoms with van der Waals surface area (Å²) in [6, 6.07) is 0.949. The molecule has 0 amide bonds. The maximum Gasteiger partial charge on any atom is 0.462 e. The molecule has 5 nitrogen and oxygen atoms in total. The molecule has 0 aliphatic rings. The number of alkyl halides is 7. The quantitative estimate of drug-likeness (QED) is 0.313. The van der Waals surface area contributed by atoms with E-state index < -0.39 is 24.1 Å². The molecule has 0 saturated carbocycles. The van der Waals surface area contributed by atoms with Gasteiger partial charge in [0.05, 0.1) is 11.8 Å². The summed E-state index contributed by atoms with van der Waals surface area (Å²) in [6.45, 7) is 1.58. The Hall–Kier alpha value is -3.05. The van der Waals surface area contributed by atoms with E-state index in [0.717, 1.165) is 0 Å². The topological polar surface area (TPSA) is 74.8 Å². The number of rotatable bonds is 6. The van der Waals surface area contributed by atoms with E-state index in [1.54, 1.807) is 6.92 Å². The average molecular weight is 412 g/mol. The third kappa shape index (κ3) is 4.10. The average Bonchev–Trinajstić information content (AvgIpc) is 3.01. The van der Waals surface area contributed by atoms with Crippen LogP contribution in [-0.2, 0) is 0 Å². The molecule has 2 rings (SSSR count). The highest BCUT2D eigenvalue weighted by molar-refractivity contribution is 5.89. The zero-order valence-electron chi connectivity index (χ0n) is 13.8. The predicted molar refractivity (Wildman–Crippen MR) is 82.5 cm³/mol. The minimum absolute atomic E-state index is 0.0200. The second kappa shape index (κ2) is 7.17. The van der Waals surface area contributed by atoms with E-state index in [1.807, 2.05) is 0 Å². The van der Waals surface area contributed by atoms with Crippen molar-refractivity contribution < 1.29 is 45.1 Å². The smallest absolute Gasteiger partial charge is 0.462 e. The third-order valence-corrected chi connectivity index (χ3v) is 3.51. The van der Waals surface area contributed by atoms with Crippen molar-refractivity contribution in [1.29, 1.82) is 0 Å². The number of hydrogen-bond donors (Lipinski definition) is 2. The van der Waals surface area contributed by atoms with Crippen LogP contribution in [0.4, 0.5) is 30.7 Å². The number of hydrogen-bond acceptors (Lipinski definition) is 4. The van der Waals surface area contributed by atoms with Crippen molar-refractivity contribution in [3.05, 3.63) is 47.2 Å². The summed E-state index contributed by atoms with van der Waals surface area (Å²) >= 11 is 0. The number of carbonyl (C=O) groups is 1. The first-order valence-corrected chi connectivity index (χ1v) is 7.33. The van der Waals surface area contributed by atoms with Gasteiger partial charge in [0.15, 0.2) is 0 Å². The van der Waals surface area contributed by atoms with Crippen molar-refractivity contribution in [1.82, 2.24) is 5.43 Å². The molecule has 28 heavy (non-hydrogen) atoms. The van der Waals surface area contributed by atoms with Crippen LogP contribution < -0.4 is 5.43 Å². The summed E-state index contributed by atoms with van der Waals surface area (Å²) in [7, 11) is 0. The molecule has 1 aromatic heterocycles. The largest absolute Gasteiger partial charge is 0.478 e. The van der Waals surface area contributed by atoms with Gasteiger partial charge in [-0.25, -0.2) is 10.2 Å². The van der Waals surface area contributed by atoms with Crippen LogP contribution in [0, 0.1) is 6.92 Å². The highest BCUT2D eigenvalue weighted by Crippen LogP contribution is 2.45. The number of carboxylic acid groups (broad SMARTS) is 1. The fraction of sp³-hybridized carbons (Fsp3) is 0.250. The Labute approximate surface area is 152 Å². The van der Waals surface area contributed by atoms with Crippen LogP contribution in [0.15, 0.2) is 39.9 Å². The summed E-state index contributed by atoms with van der Waals surface area (Å²) < 4.78 is 92.8. The standard InChI is InChI=1S/C16H11F7N2O3/c1-8-6-9(13(26)27)2-4-11(8)12-5-3-10(28-12)7-24-25-16(22,23)14(17,18)15(19,20)21/h2-7,25H,1H3,(H,26,27)/b24-7+. The maximum atomic E-state index is 13.1. The Morgan fingerprint density at radius 1 is 1.11 bits per heavy atom.